The lowest BCUT2D eigenvalue weighted by atomic mass is 10.0. The molecule has 1 aromatic rings. The average Bonchev–Trinajstić information content (AvgIpc) is 2.54. The fourth-order valence-electron chi connectivity index (χ4n) is 2.54. The summed E-state index contributed by atoms with van der Waals surface area (Å²) in [5.74, 6) is 1.27. The van der Waals surface area contributed by atoms with E-state index in [-0.39, 0.29) is 11.9 Å². The molecule has 1 saturated heterocycles. The quantitative estimate of drug-likeness (QED) is 0.853. The van der Waals surface area contributed by atoms with E-state index in [0.717, 1.165) is 19.4 Å². The van der Waals surface area contributed by atoms with Gasteiger partial charge in [-0.15, -0.1) is 0 Å². The zero-order chi connectivity index (χ0) is 16.8. The lowest BCUT2D eigenvalue weighted by Gasteiger charge is -2.30. The second-order valence-corrected chi connectivity index (χ2v) is 6.15. The number of carbonyl (C=O) groups excluding carboxylic acids is 1. The van der Waals surface area contributed by atoms with Gasteiger partial charge < -0.3 is 25.0 Å². The molecular weight excluding hydrogens is 294 g/mol. The first-order valence-corrected chi connectivity index (χ1v) is 8.01. The van der Waals surface area contributed by atoms with Crippen LogP contribution in [0.4, 0.5) is 0 Å². The van der Waals surface area contributed by atoms with E-state index in [1.807, 2.05) is 23.9 Å². The SMILES string of the molecule is COc1cc(C(=O)N2CCC(N)CC2)ccc1OCCN(C)C. The maximum absolute atomic E-state index is 12.6. The maximum Gasteiger partial charge on any atom is 0.253 e. The molecule has 0 unspecified atom stereocenters. The Kier molecular flexibility index (Phi) is 6.24. The second kappa shape index (κ2) is 8.17. The van der Waals surface area contributed by atoms with Crippen LogP contribution in [0.15, 0.2) is 18.2 Å². The monoisotopic (exact) mass is 321 g/mol. The van der Waals surface area contributed by atoms with Crippen molar-refractivity contribution < 1.29 is 14.3 Å². The number of benzene rings is 1. The van der Waals surface area contributed by atoms with Gasteiger partial charge in [-0.05, 0) is 45.1 Å². The molecule has 2 N–H and O–H groups in total. The van der Waals surface area contributed by atoms with Crippen LogP contribution in [-0.2, 0) is 0 Å². The Bertz CT molecular complexity index is 526. The molecule has 1 aromatic carbocycles. The number of ether oxygens (including phenoxy) is 2. The van der Waals surface area contributed by atoms with Gasteiger partial charge in [-0.2, -0.15) is 0 Å². The number of hydrogen-bond acceptors (Lipinski definition) is 5. The van der Waals surface area contributed by atoms with Crippen molar-refractivity contribution in [3.05, 3.63) is 23.8 Å². The molecule has 128 valence electrons. The maximum atomic E-state index is 12.6. The summed E-state index contributed by atoms with van der Waals surface area (Å²) in [4.78, 5) is 16.5. The van der Waals surface area contributed by atoms with Gasteiger partial charge in [-0.25, -0.2) is 0 Å². The number of amides is 1. The number of rotatable bonds is 6. The molecule has 1 fully saturated rings. The summed E-state index contributed by atoms with van der Waals surface area (Å²) in [5.41, 5.74) is 6.51. The highest BCUT2D eigenvalue weighted by Crippen LogP contribution is 2.29. The Morgan fingerprint density at radius 1 is 1.30 bits per heavy atom. The van der Waals surface area contributed by atoms with Crippen molar-refractivity contribution in [1.82, 2.24) is 9.80 Å². The van der Waals surface area contributed by atoms with Gasteiger partial charge in [-0.1, -0.05) is 0 Å². The molecular formula is C17H27N3O3. The molecule has 0 saturated carbocycles. The third-order valence-electron chi connectivity index (χ3n) is 4.03. The first-order valence-electron chi connectivity index (χ1n) is 8.01. The van der Waals surface area contributed by atoms with Crippen LogP contribution in [0.5, 0.6) is 11.5 Å². The van der Waals surface area contributed by atoms with Gasteiger partial charge in [0.25, 0.3) is 5.91 Å². The summed E-state index contributed by atoms with van der Waals surface area (Å²) >= 11 is 0. The Morgan fingerprint density at radius 2 is 2.00 bits per heavy atom. The van der Waals surface area contributed by atoms with Gasteiger partial charge in [-0.3, -0.25) is 4.79 Å². The predicted octanol–water partition coefficient (Wildman–Crippen LogP) is 1.20. The summed E-state index contributed by atoms with van der Waals surface area (Å²) < 4.78 is 11.1. The van der Waals surface area contributed by atoms with E-state index < -0.39 is 0 Å². The molecule has 23 heavy (non-hydrogen) atoms. The van der Waals surface area contributed by atoms with Crippen LogP contribution in [0.25, 0.3) is 0 Å². The predicted molar refractivity (Wildman–Crippen MR) is 90.2 cm³/mol. The molecule has 2 rings (SSSR count). The molecule has 0 aliphatic carbocycles. The zero-order valence-electron chi connectivity index (χ0n) is 14.2. The Morgan fingerprint density at radius 3 is 2.61 bits per heavy atom. The third-order valence-corrected chi connectivity index (χ3v) is 4.03. The van der Waals surface area contributed by atoms with E-state index in [9.17, 15) is 4.79 Å². The first-order chi connectivity index (χ1) is 11.0. The van der Waals surface area contributed by atoms with Crippen LogP contribution >= 0.6 is 0 Å². The summed E-state index contributed by atoms with van der Waals surface area (Å²) in [7, 11) is 5.57. The molecule has 0 radical (unpaired) electrons. The fourth-order valence-corrected chi connectivity index (χ4v) is 2.54. The topological polar surface area (TPSA) is 68.0 Å². The van der Waals surface area contributed by atoms with E-state index in [4.69, 9.17) is 15.2 Å². The van der Waals surface area contributed by atoms with Gasteiger partial charge in [0.15, 0.2) is 11.5 Å². The molecule has 1 aliphatic rings. The standard InChI is InChI=1S/C17H27N3O3/c1-19(2)10-11-23-15-5-4-13(12-16(15)22-3)17(21)20-8-6-14(18)7-9-20/h4-5,12,14H,6-11,18H2,1-3H3. The highest BCUT2D eigenvalue weighted by molar-refractivity contribution is 5.95. The summed E-state index contributed by atoms with van der Waals surface area (Å²) in [5, 5.41) is 0. The summed E-state index contributed by atoms with van der Waals surface area (Å²) in [6.07, 6.45) is 1.71. The van der Waals surface area contributed by atoms with Gasteiger partial charge in [0.2, 0.25) is 0 Å². The van der Waals surface area contributed by atoms with Gasteiger partial charge >= 0.3 is 0 Å². The highest BCUT2D eigenvalue weighted by Gasteiger charge is 2.22. The van der Waals surface area contributed by atoms with E-state index in [1.165, 1.54) is 0 Å². The fraction of sp³-hybridized carbons (Fsp3) is 0.588. The second-order valence-electron chi connectivity index (χ2n) is 6.15. The van der Waals surface area contributed by atoms with Crippen molar-refractivity contribution in [1.29, 1.82) is 0 Å². The van der Waals surface area contributed by atoms with Crippen molar-refractivity contribution >= 4 is 5.91 Å². The largest absolute Gasteiger partial charge is 0.493 e. The summed E-state index contributed by atoms with van der Waals surface area (Å²) in [6, 6.07) is 5.56. The molecule has 0 atom stereocenters. The number of likely N-dealkylation sites (tertiary alicyclic amines) is 1. The molecule has 0 aromatic heterocycles. The summed E-state index contributed by atoms with van der Waals surface area (Å²) in [6.45, 7) is 2.81. The molecule has 1 heterocycles. The van der Waals surface area contributed by atoms with E-state index in [2.05, 4.69) is 0 Å². The van der Waals surface area contributed by atoms with Crippen LogP contribution in [-0.4, -0.2) is 69.2 Å². The van der Waals surface area contributed by atoms with Crippen LogP contribution in [0.2, 0.25) is 0 Å². The molecule has 0 bridgehead atoms. The van der Waals surface area contributed by atoms with E-state index in [0.29, 0.717) is 36.8 Å². The minimum Gasteiger partial charge on any atom is -0.493 e. The first kappa shape index (κ1) is 17.6. The van der Waals surface area contributed by atoms with E-state index in [1.54, 1.807) is 25.3 Å². The van der Waals surface area contributed by atoms with Gasteiger partial charge in [0.1, 0.15) is 6.61 Å². The zero-order valence-corrected chi connectivity index (χ0v) is 14.2. The lowest BCUT2D eigenvalue weighted by molar-refractivity contribution is 0.0714. The number of nitrogens with two attached hydrogens (primary N) is 1. The average molecular weight is 321 g/mol. The van der Waals surface area contributed by atoms with Crippen molar-refractivity contribution in [2.24, 2.45) is 5.73 Å². The van der Waals surface area contributed by atoms with Crippen molar-refractivity contribution in [2.45, 2.75) is 18.9 Å². The Labute approximate surface area is 138 Å². The Balaban J connectivity index is 2.04. The van der Waals surface area contributed by atoms with Crippen molar-refractivity contribution in [3.63, 3.8) is 0 Å². The number of piperidine rings is 1. The minimum absolute atomic E-state index is 0.0232. The smallest absolute Gasteiger partial charge is 0.253 e. The number of likely N-dealkylation sites (N-methyl/N-ethyl adjacent to an activating group) is 1. The molecule has 1 aliphatic heterocycles. The molecule has 1 amide bonds. The van der Waals surface area contributed by atoms with Crippen LogP contribution in [0.1, 0.15) is 23.2 Å². The minimum atomic E-state index is 0.0232. The Hall–Kier alpha value is -1.79. The normalized spacial score (nSPS) is 15.8. The van der Waals surface area contributed by atoms with Crippen molar-refractivity contribution in [3.8, 4) is 11.5 Å². The van der Waals surface area contributed by atoms with E-state index >= 15 is 0 Å². The lowest BCUT2D eigenvalue weighted by Crippen LogP contribution is -2.42. The molecule has 6 nitrogen and oxygen atoms in total. The van der Waals surface area contributed by atoms with Crippen LogP contribution in [0.3, 0.4) is 0 Å². The number of hydrogen-bond donors (Lipinski definition) is 1. The third kappa shape index (κ3) is 4.84. The molecule has 6 heteroatoms. The van der Waals surface area contributed by atoms with Crippen LogP contribution in [0, 0.1) is 0 Å². The van der Waals surface area contributed by atoms with Crippen LogP contribution < -0.4 is 15.2 Å². The number of carbonyl (C=O) groups is 1. The highest BCUT2D eigenvalue weighted by atomic mass is 16.5. The van der Waals surface area contributed by atoms with Gasteiger partial charge in [0.05, 0.1) is 7.11 Å². The molecule has 0 spiro atoms. The van der Waals surface area contributed by atoms with Gasteiger partial charge in [0, 0.05) is 31.2 Å². The van der Waals surface area contributed by atoms with Crippen molar-refractivity contribution in [2.75, 3.05) is 47.4 Å². The number of methoxy groups -OCH3 is 1. The number of nitrogens with zero attached hydrogens (tertiary/aromatic N) is 2.